The van der Waals surface area contributed by atoms with Crippen molar-refractivity contribution in [3.63, 3.8) is 0 Å². The van der Waals surface area contributed by atoms with Gasteiger partial charge in [-0.3, -0.25) is 9.69 Å². The van der Waals surface area contributed by atoms with Crippen molar-refractivity contribution in [2.75, 3.05) is 68.5 Å². The van der Waals surface area contributed by atoms with Crippen LogP contribution >= 0.6 is 0 Å². The number of anilines is 3. The van der Waals surface area contributed by atoms with E-state index in [2.05, 4.69) is 23.3 Å². The van der Waals surface area contributed by atoms with E-state index in [1.165, 1.54) is 4.90 Å². The van der Waals surface area contributed by atoms with Crippen LogP contribution in [-0.4, -0.2) is 90.6 Å². The number of likely N-dealkylation sites (tertiary alicyclic amines) is 1. The summed E-state index contributed by atoms with van der Waals surface area (Å²) in [6.45, 7) is 11.8. The zero-order valence-electron chi connectivity index (χ0n) is 24.1. The number of alkyl halides is 2. The largest absolute Gasteiger partial charge is 0.462 e. The Bertz CT molecular complexity index is 1330. The van der Waals surface area contributed by atoms with Crippen molar-refractivity contribution in [1.82, 2.24) is 19.8 Å². The van der Waals surface area contributed by atoms with E-state index >= 15 is 0 Å². The highest BCUT2D eigenvalue weighted by Crippen LogP contribution is 2.37. The number of piperazine rings is 1. The molecule has 2 N–H and O–H groups in total. The molecule has 0 spiro atoms. The number of benzene rings is 1. The topological polar surface area (TPSA) is 91.1 Å². The Morgan fingerprint density at radius 2 is 1.83 bits per heavy atom. The van der Waals surface area contributed by atoms with Crippen LogP contribution in [0.4, 0.5) is 30.4 Å². The average molecular weight is 574 g/mol. The summed E-state index contributed by atoms with van der Waals surface area (Å²) in [5, 5.41) is 0. The van der Waals surface area contributed by atoms with Gasteiger partial charge in [0.25, 0.3) is 11.8 Å². The highest BCUT2D eigenvalue weighted by atomic mass is 19.3. The highest BCUT2D eigenvalue weighted by Gasteiger charge is 2.43. The van der Waals surface area contributed by atoms with Crippen molar-refractivity contribution in [2.45, 2.75) is 52.1 Å². The monoisotopic (exact) mass is 573 g/mol. The number of amides is 1. The molecule has 4 heterocycles. The predicted molar refractivity (Wildman–Crippen MR) is 152 cm³/mol. The van der Waals surface area contributed by atoms with E-state index in [1.54, 1.807) is 11.9 Å². The molecule has 0 saturated carbocycles. The molecule has 3 aliphatic heterocycles. The third kappa shape index (κ3) is 5.79. The Labute approximate surface area is 238 Å². The van der Waals surface area contributed by atoms with Crippen LogP contribution in [0.5, 0.6) is 6.01 Å². The van der Waals surface area contributed by atoms with E-state index in [-0.39, 0.29) is 25.6 Å². The number of hydrogen-bond donors (Lipinski definition) is 1. The van der Waals surface area contributed by atoms with Crippen LogP contribution in [0, 0.1) is 20.8 Å². The van der Waals surface area contributed by atoms with Gasteiger partial charge in [0.15, 0.2) is 5.83 Å². The Morgan fingerprint density at radius 3 is 2.46 bits per heavy atom. The molecule has 1 aromatic carbocycles. The number of rotatable bonds is 6. The van der Waals surface area contributed by atoms with Gasteiger partial charge in [-0.25, -0.2) is 13.2 Å². The first-order chi connectivity index (χ1) is 19.3. The molecule has 12 heteroatoms. The van der Waals surface area contributed by atoms with Crippen molar-refractivity contribution in [3.05, 3.63) is 46.4 Å². The number of aromatic nitrogens is 2. The number of ether oxygens (including phenoxy) is 1. The minimum absolute atomic E-state index is 0.0432. The van der Waals surface area contributed by atoms with Crippen LogP contribution in [0.15, 0.2) is 18.5 Å². The minimum atomic E-state index is -2.75. The van der Waals surface area contributed by atoms with Gasteiger partial charge in [-0.1, -0.05) is 6.58 Å². The van der Waals surface area contributed by atoms with Gasteiger partial charge in [-0.2, -0.15) is 9.97 Å². The lowest BCUT2D eigenvalue weighted by Gasteiger charge is -2.38. The molecule has 2 fully saturated rings. The Kier molecular flexibility index (Phi) is 7.80. The lowest BCUT2D eigenvalue weighted by molar-refractivity contribution is -0.128. The van der Waals surface area contributed by atoms with Gasteiger partial charge in [0.2, 0.25) is 0 Å². The zero-order valence-corrected chi connectivity index (χ0v) is 24.1. The second kappa shape index (κ2) is 11.0. The number of fused-ring (bicyclic) bond motifs is 1. The average Bonchev–Trinajstić information content (AvgIpc) is 3.20. The number of halogens is 3. The molecular weight excluding hydrogens is 535 g/mol. The number of carbonyl (C=O) groups excluding carboxylic acids is 1. The maximum absolute atomic E-state index is 14.0. The van der Waals surface area contributed by atoms with Crippen molar-refractivity contribution < 1.29 is 22.7 Å². The van der Waals surface area contributed by atoms with E-state index in [0.29, 0.717) is 45.0 Å². The van der Waals surface area contributed by atoms with E-state index in [4.69, 9.17) is 20.4 Å². The third-order valence-corrected chi connectivity index (χ3v) is 8.59. The molecule has 2 saturated heterocycles. The summed E-state index contributed by atoms with van der Waals surface area (Å²) in [6, 6.07) is 1.68. The van der Waals surface area contributed by atoms with Gasteiger partial charge in [-0.05, 0) is 57.0 Å². The molecule has 5 rings (SSSR count). The number of nitrogens with zero attached hydrogens (tertiary/aromatic N) is 6. The fourth-order valence-electron chi connectivity index (χ4n) is 6.14. The molecule has 222 valence electrons. The van der Waals surface area contributed by atoms with Crippen molar-refractivity contribution in [3.8, 4) is 6.01 Å². The second-order valence-electron chi connectivity index (χ2n) is 11.4. The number of aryl methyl sites for hydroxylation is 1. The summed E-state index contributed by atoms with van der Waals surface area (Å²) in [6.07, 6.45) is 0.397. The van der Waals surface area contributed by atoms with Crippen LogP contribution in [0.25, 0.3) is 0 Å². The van der Waals surface area contributed by atoms with E-state index < -0.39 is 23.7 Å². The molecule has 9 nitrogen and oxygen atoms in total. The van der Waals surface area contributed by atoms with Gasteiger partial charge in [0, 0.05) is 62.1 Å². The Balaban J connectivity index is 1.44. The molecule has 41 heavy (non-hydrogen) atoms. The van der Waals surface area contributed by atoms with Gasteiger partial charge < -0.3 is 25.2 Å². The summed E-state index contributed by atoms with van der Waals surface area (Å²) in [4.78, 5) is 29.0. The van der Waals surface area contributed by atoms with E-state index in [9.17, 15) is 18.0 Å². The molecule has 1 amide bonds. The molecule has 0 unspecified atom stereocenters. The minimum Gasteiger partial charge on any atom is -0.462 e. The van der Waals surface area contributed by atoms with Crippen LogP contribution in [0.1, 0.15) is 34.4 Å². The molecule has 0 radical (unpaired) electrons. The third-order valence-electron chi connectivity index (χ3n) is 8.59. The highest BCUT2D eigenvalue weighted by molar-refractivity contribution is 5.90. The molecular formula is C29H38F3N7O2. The van der Waals surface area contributed by atoms with Crippen molar-refractivity contribution in [2.24, 2.45) is 0 Å². The number of nitrogens with two attached hydrogens (primary N) is 1. The second-order valence-corrected chi connectivity index (χ2v) is 11.4. The van der Waals surface area contributed by atoms with Crippen molar-refractivity contribution >= 4 is 23.1 Å². The summed E-state index contributed by atoms with van der Waals surface area (Å²) < 4.78 is 47.4. The summed E-state index contributed by atoms with van der Waals surface area (Å²) in [5.41, 5.74) is 13.2. The van der Waals surface area contributed by atoms with Gasteiger partial charge in [-0.15, -0.1) is 0 Å². The van der Waals surface area contributed by atoms with E-state index in [0.717, 1.165) is 45.9 Å². The number of nitrogen functional groups attached to an aromatic ring is 1. The first-order valence-electron chi connectivity index (χ1n) is 13.9. The molecule has 1 aromatic heterocycles. The fraction of sp³-hybridized carbons (Fsp3) is 0.552. The Hall–Kier alpha value is -3.54. The predicted octanol–water partition coefficient (Wildman–Crippen LogP) is 3.40. The number of hydrogen-bond acceptors (Lipinski definition) is 8. The van der Waals surface area contributed by atoms with Crippen LogP contribution in [0.3, 0.4) is 0 Å². The van der Waals surface area contributed by atoms with Crippen LogP contribution in [0.2, 0.25) is 0 Å². The number of likely N-dealkylation sites (N-methyl/N-ethyl adjacent to an activating group) is 1. The smallest absolute Gasteiger partial charge is 0.318 e. The molecule has 0 bridgehead atoms. The first-order valence-corrected chi connectivity index (χ1v) is 13.9. The lowest BCUT2D eigenvalue weighted by Crippen LogP contribution is -2.49. The molecule has 1 atom stereocenters. The Morgan fingerprint density at radius 1 is 1.12 bits per heavy atom. The maximum Gasteiger partial charge on any atom is 0.318 e. The molecule has 0 aliphatic carbocycles. The van der Waals surface area contributed by atoms with Crippen molar-refractivity contribution in [1.29, 1.82) is 0 Å². The van der Waals surface area contributed by atoms with Crippen LogP contribution < -0.4 is 20.3 Å². The van der Waals surface area contributed by atoms with Crippen LogP contribution in [-0.2, 0) is 17.8 Å². The van der Waals surface area contributed by atoms with Gasteiger partial charge >= 0.3 is 6.01 Å². The molecule has 3 aliphatic rings. The number of carbonyl (C=O) groups is 1. The van der Waals surface area contributed by atoms with E-state index in [1.807, 2.05) is 19.9 Å². The summed E-state index contributed by atoms with van der Waals surface area (Å²) >= 11 is 0. The summed E-state index contributed by atoms with van der Waals surface area (Å²) in [5.74, 6) is -3.72. The summed E-state index contributed by atoms with van der Waals surface area (Å²) in [7, 11) is 1.66. The standard InChI is InChI=1S/C29H38F3N7O2/c1-17-12-23(33)19(3)25(18(17)2)39-7-6-22-24(14-39)34-28(41-15-21-13-29(31,32)16-36(21)5)35-26(22)37-8-10-38(11-9-37)27(40)20(4)30/h12,21H,4,6-11,13-16,33H2,1-3,5H3/t21-/m0/s1. The quantitative estimate of drug-likeness (QED) is 0.416. The van der Waals surface area contributed by atoms with Gasteiger partial charge in [0.1, 0.15) is 12.4 Å². The SMILES string of the molecule is C=C(F)C(=O)N1CCN(c2nc(OC[C@@H]3CC(F)(F)CN3C)nc3c2CCN(c2c(C)c(C)cc(N)c2C)C3)CC1. The zero-order chi connectivity index (χ0) is 29.6. The molecule has 2 aromatic rings. The first kappa shape index (κ1) is 29.0. The van der Waals surface area contributed by atoms with Gasteiger partial charge in [0.05, 0.1) is 18.8 Å². The lowest BCUT2D eigenvalue weighted by atomic mass is 9.97. The fourth-order valence-corrected chi connectivity index (χ4v) is 6.14. The maximum atomic E-state index is 14.0. The normalized spacial score (nSPS) is 20.8.